The zero-order valence-electron chi connectivity index (χ0n) is 24.8. The standard InChI is InChI=1S/C32H49NO6/c1-17(2)18(3)8-9-19(4)21-10-11-23-24-22(13-15-31(21,23)27(35)36)30(7)14-12-20(38-28(37)29(5,6)33)16-32(30)26(39-32)25(24)34/h8-9,17-22,25-26,34H,10-16,33H2,1-7H3,(H,35,36)/b9-8+/t18-,19+,20-,21-,22-,25+,26+,30+,31-,32+/m0/s1. The molecule has 0 aromatic rings. The van der Waals surface area contributed by atoms with Gasteiger partial charge in [-0.3, -0.25) is 9.59 Å². The van der Waals surface area contributed by atoms with Gasteiger partial charge in [0.1, 0.15) is 29.5 Å². The van der Waals surface area contributed by atoms with Crippen LogP contribution in [0.25, 0.3) is 0 Å². The molecule has 5 aliphatic rings. The van der Waals surface area contributed by atoms with Crippen molar-refractivity contribution in [3.05, 3.63) is 23.3 Å². The van der Waals surface area contributed by atoms with Crippen LogP contribution < -0.4 is 5.73 Å². The highest BCUT2D eigenvalue weighted by Crippen LogP contribution is 2.72. The predicted molar refractivity (Wildman–Crippen MR) is 149 cm³/mol. The molecule has 1 saturated heterocycles. The van der Waals surface area contributed by atoms with Crippen molar-refractivity contribution in [3.8, 4) is 0 Å². The van der Waals surface area contributed by atoms with E-state index in [1.807, 2.05) is 0 Å². The molecule has 0 aromatic carbocycles. The highest BCUT2D eigenvalue weighted by molar-refractivity contribution is 5.81. The maximum absolute atomic E-state index is 13.2. The fourth-order valence-electron chi connectivity index (χ4n) is 8.85. The molecule has 218 valence electrons. The maximum atomic E-state index is 13.2. The zero-order valence-corrected chi connectivity index (χ0v) is 24.8. The highest BCUT2D eigenvalue weighted by atomic mass is 16.6. The van der Waals surface area contributed by atoms with Gasteiger partial charge in [0.05, 0.1) is 5.41 Å². The van der Waals surface area contributed by atoms with Crippen LogP contribution in [-0.4, -0.2) is 51.6 Å². The van der Waals surface area contributed by atoms with Crippen molar-refractivity contribution in [2.45, 2.75) is 123 Å². The molecular formula is C32H49NO6. The van der Waals surface area contributed by atoms with Crippen molar-refractivity contribution >= 4 is 11.9 Å². The minimum atomic E-state index is -1.06. The van der Waals surface area contributed by atoms with Crippen molar-refractivity contribution < 1.29 is 29.3 Å². The van der Waals surface area contributed by atoms with Gasteiger partial charge in [-0.05, 0) is 87.5 Å². The summed E-state index contributed by atoms with van der Waals surface area (Å²) in [6.07, 6.45) is 7.93. The van der Waals surface area contributed by atoms with Gasteiger partial charge in [0.25, 0.3) is 0 Å². The van der Waals surface area contributed by atoms with Crippen LogP contribution in [-0.2, 0) is 19.1 Å². The molecule has 0 aromatic heterocycles. The van der Waals surface area contributed by atoms with Gasteiger partial charge in [0.15, 0.2) is 0 Å². The second-order valence-electron chi connectivity index (χ2n) is 14.6. The summed E-state index contributed by atoms with van der Waals surface area (Å²) >= 11 is 0. The lowest BCUT2D eigenvalue weighted by Gasteiger charge is -2.55. The number of carbonyl (C=O) groups is 2. The van der Waals surface area contributed by atoms with Crippen LogP contribution in [0.2, 0.25) is 0 Å². The number of carbonyl (C=O) groups excluding carboxylic acids is 1. The number of fused-ring (bicyclic) bond motifs is 3. The van der Waals surface area contributed by atoms with Gasteiger partial charge in [0, 0.05) is 11.8 Å². The third-order valence-electron chi connectivity index (χ3n) is 11.6. The summed E-state index contributed by atoms with van der Waals surface area (Å²) in [5, 5.41) is 22.5. The van der Waals surface area contributed by atoms with Crippen molar-refractivity contribution in [2.75, 3.05) is 0 Å². The molecule has 7 nitrogen and oxygen atoms in total. The summed E-state index contributed by atoms with van der Waals surface area (Å²) in [6.45, 7) is 14.3. The maximum Gasteiger partial charge on any atom is 0.325 e. The molecule has 0 unspecified atom stereocenters. The number of epoxide rings is 1. The van der Waals surface area contributed by atoms with E-state index in [0.29, 0.717) is 31.1 Å². The van der Waals surface area contributed by atoms with E-state index in [2.05, 4.69) is 46.8 Å². The van der Waals surface area contributed by atoms with Crippen LogP contribution in [0.15, 0.2) is 23.3 Å². The summed E-state index contributed by atoms with van der Waals surface area (Å²) in [5.74, 6) is 0.0356. The van der Waals surface area contributed by atoms with Crippen LogP contribution in [0, 0.1) is 40.4 Å². The minimum Gasteiger partial charge on any atom is -0.481 e. The van der Waals surface area contributed by atoms with E-state index in [-0.39, 0.29) is 35.4 Å². The Morgan fingerprint density at radius 3 is 2.44 bits per heavy atom. The Kier molecular flexibility index (Phi) is 6.96. The average Bonchev–Trinajstić information content (AvgIpc) is 3.45. The third kappa shape index (κ3) is 4.16. The molecule has 7 heteroatoms. The van der Waals surface area contributed by atoms with Crippen molar-refractivity contribution in [1.82, 2.24) is 0 Å². The molecule has 4 fully saturated rings. The monoisotopic (exact) mass is 543 g/mol. The van der Waals surface area contributed by atoms with Crippen LogP contribution in [0.3, 0.4) is 0 Å². The molecule has 5 rings (SSSR count). The van der Waals surface area contributed by atoms with Gasteiger partial charge in [-0.15, -0.1) is 0 Å². The second-order valence-corrected chi connectivity index (χ2v) is 14.6. The molecule has 10 atom stereocenters. The fraction of sp³-hybridized carbons (Fsp3) is 0.812. The van der Waals surface area contributed by atoms with Crippen LogP contribution in [0.4, 0.5) is 0 Å². The molecule has 0 bridgehead atoms. The SMILES string of the molecule is CC(C)[C@@H](C)/C=C/[C@@H](C)[C@@H]1CCC2=C3[C@@H](O)[C@H]4O[C@]45C[C@@H](OC(=O)C(C)(C)N)CC[C@]5(C)[C@H]3CC[C@@]21C(=O)O. The number of aliphatic carboxylic acids is 1. The molecule has 4 aliphatic carbocycles. The first-order valence-electron chi connectivity index (χ1n) is 15.1. The number of hydrogen-bond donors (Lipinski definition) is 3. The lowest BCUT2D eigenvalue weighted by molar-refractivity contribution is -0.161. The number of carboxylic acids is 1. The quantitative estimate of drug-likeness (QED) is 0.234. The van der Waals surface area contributed by atoms with Crippen LogP contribution in [0.1, 0.15) is 93.4 Å². The largest absolute Gasteiger partial charge is 0.481 e. The molecule has 3 saturated carbocycles. The summed E-state index contributed by atoms with van der Waals surface area (Å²) in [5.41, 5.74) is 5.13. The molecule has 39 heavy (non-hydrogen) atoms. The highest BCUT2D eigenvalue weighted by Gasteiger charge is 2.78. The van der Waals surface area contributed by atoms with E-state index in [0.717, 1.165) is 36.8 Å². The van der Waals surface area contributed by atoms with Crippen molar-refractivity contribution in [3.63, 3.8) is 0 Å². The Bertz CT molecular complexity index is 1090. The van der Waals surface area contributed by atoms with E-state index in [1.54, 1.807) is 13.8 Å². The van der Waals surface area contributed by atoms with Gasteiger partial charge in [0.2, 0.25) is 0 Å². The number of ether oxygens (including phenoxy) is 2. The number of carboxylic acid groups (broad SMARTS) is 1. The lowest BCUT2D eigenvalue weighted by atomic mass is 9.47. The van der Waals surface area contributed by atoms with E-state index in [9.17, 15) is 19.8 Å². The van der Waals surface area contributed by atoms with E-state index in [4.69, 9.17) is 15.2 Å². The molecule has 1 heterocycles. The Labute approximate surface area is 233 Å². The Hall–Kier alpha value is -1.70. The lowest BCUT2D eigenvalue weighted by Crippen LogP contribution is -2.59. The number of nitrogens with two attached hydrogens (primary N) is 1. The molecular weight excluding hydrogens is 494 g/mol. The number of esters is 1. The van der Waals surface area contributed by atoms with Crippen LogP contribution in [0.5, 0.6) is 0 Å². The summed E-state index contributed by atoms with van der Waals surface area (Å²) in [7, 11) is 0. The number of aliphatic hydroxyl groups is 1. The number of hydrogen-bond acceptors (Lipinski definition) is 6. The molecule has 0 amide bonds. The first kappa shape index (κ1) is 28.8. The Morgan fingerprint density at radius 2 is 1.82 bits per heavy atom. The van der Waals surface area contributed by atoms with Crippen molar-refractivity contribution in [2.24, 2.45) is 46.2 Å². The van der Waals surface area contributed by atoms with Gasteiger partial charge in [-0.2, -0.15) is 0 Å². The Balaban J connectivity index is 1.46. The molecule has 1 spiro atoms. The van der Waals surface area contributed by atoms with E-state index in [1.165, 1.54) is 0 Å². The Morgan fingerprint density at radius 1 is 1.13 bits per heavy atom. The molecule has 4 N–H and O–H groups in total. The minimum absolute atomic E-state index is 0.00985. The summed E-state index contributed by atoms with van der Waals surface area (Å²) < 4.78 is 12.2. The normalized spacial score (nSPS) is 42.9. The topological polar surface area (TPSA) is 122 Å². The first-order valence-corrected chi connectivity index (χ1v) is 15.1. The predicted octanol–water partition coefficient (Wildman–Crippen LogP) is 5.01. The molecule has 0 radical (unpaired) electrons. The average molecular weight is 544 g/mol. The van der Waals surface area contributed by atoms with E-state index < -0.39 is 34.6 Å². The van der Waals surface area contributed by atoms with Crippen molar-refractivity contribution in [1.29, 1.82) is 0 Å². The third-order valence-corrected chi connectivity index (χ3v) is 11.6. The smallest absolute Gasteiger partial charge is 0.325 e. The fourth-order valence-corrected chi connectivity index (χ4v) is 8.85. The number of rotatable bonds is 7. The van der Waals surface area contributed by atoms with E-state index >= 15 is 0 Å². The van der Waals surface area contributed by atoms with Gasteiger partial charge in [-0.25, -0.2) is 0 Å². The van der Waals surface area contributed by atoms with Gasteiger partial charge >= 0.3 is 11.9 Å². The first-order chi connectivity index (χ1) is 18.1. The molecule has 1 aliphatic heterocycles. The number of aliphatic hydroxyl groups excluding tert-OH is 1. The van der Waals surface area contributed by atoms with Gasteiger partial charge in [-0.1, -0.05) is 52.3 Å². The zero-order chi connectivity index (χ0) is 28.7. The second kappa shape index (κ2) is 9.42. The summed E-state index contributed by atoms with van der Waals surface area (Å²) in [4.78, 5) is 25.7. The summed E-state index contributed by atoms with van der Waals surface area (Å²) in [6, 6.07) is 0. The number of allylic oxidation sites excluding steroid dienone is 2. The van der Waals surface area contributed by atoms with Crippen LogP contribution >= 0.6 is 0 Å². The van der Waals surface area contributed by atoms with Gasteiger partial charge < -0.3 is 25.4 Å².